The van der Waals surface area contributed by atoms with Crippen LogP contribution in [0.4, 0.5) is 0 Å². The molecule has 1 saturated carbocycles. The second-order valence-corrected chi connectivity index (χ2v) is 9.53. The highest BCUT2D eigenvalue weighted by atomic mass is 16.7. The van der Waals surface area contributed by atoms with Crippen LogP contribution in [0.2, 0.25) is 0 Å². The van der Waals surface area contributed by atoms with Gasteiger partial charge in [-0.05, 0) is 59.0 Å². The van der Waals surface area contributed by atoms with Crippen LogP contribution in [0.1, 0.15) is 44.1 Å². The Morgan fingerprint density at radius 2 is 1.81 bits per heavy atom. The molecule has 2 aliphatic heterocycles. The van der Waals surface area contributed by atoms with E-state index in [1.165, 1.54) is 5.56 Å². The van der Waals surface area contributed by atoms with Gasteiger partial charge in [-0.1, -0.05) is 13.8 Å². The summed E-state index contributed by atoms with van der Waals surface area (Å²) in [5.74, 6) is 2.63. The lowest BCUT2D eigenvalue weighted by Gasteiger charge is -2.60. The molecule has 0 radical (unpaired) electrons. The monoisotopic (exact) mass is 434 g/mol. The Kier molecular flexibility index (Phi) is 4.44. The lowest BCUT2D eigenvalue weighted by Crippen LogP contribution is -2.66. The average Bonchev–Trinajstić information content (AvgIpc) is 3.41. The van der Waals surface area contributed by atoms with Gasteiger partial charge in [0, 0.05) is 29.9 Å². The molecular formula is C23H26N6O3. The fourth-order valence-corrected chi connectivity index (χ4v) is 5.33. The molecule has 2 fully saturated rings. The number of pyridine rings is 1. The Bertz CT molecular complexity index is 1120. The molecule has 2 aromatic heterocycles. The zero-order valence-electron chi connectivity index (χ0n) is 18.2. The van der Waals surface area contributed by atoms with E-state index in [1.54, 1.807) is 0 Å². The molecule has 1 N–H and O–H groups in total. The third-order valence-electron chi connectivity index (χ3n) is 6.83. The van der Waals surface area contributed by atoms with Crippen molar-refractivity contribution >= 4 is 0 Å². The molecule has 1 atom stereocenters. The van der Waals surface area contributed by atoms with Crippen molar-refractivity contribution in [2.45, 2.75) is 38.3 Å². The fourth-order valence-electron chi connectivity index (χ4n) is 5.33. The Hall–Kier alpha value is -3.04. The van der Waals surface area contributed by atoms with E-state index in [4.69, 9.17) is 14.2 Å². The maximum Gasteiger partial charge on any atom is 0.231 e. The van der Waals surface area contributed by atoms with Gasteiger partial charge in [-0.3, -0.25) is 10.3 Å². The number of tetrazole rings is 1. The Morgan fingerprint density at radius 1 is 1.03 bits per heavy atom. The molecule has 3 aromatic rings. The molecule has 1 aliphatic carbocycles. The maximum absolute atomic E-state index is 5.57. The number of nitrogens with zero attached hydrogens (tertiary/aromatic N) is 5. The molecule has 1 spiro atoms. The van der Waals surface area contributed by atoms with Crippen molar-refractivity contribution in [3.8, 4) is 17.2 Å². The number of hydrogen-bond acceptors (Lipinski definition) is 8. The molecule has 1 unspecified atom stereocenters. The van der Waals surface area contributed by atoms with Crippen LogP contribution in [0.15, 0.2) is 42.7 Å². The van der Waals surface area contributed by atoms with Gasteiger partial charge in [-0.15, -0.1) is 5.10 Å². The van der Waals surface area contributed by atoms with Crippen molar-refractivity contribution in [2.75, 3.05) is 20.0 Å². The second-order valence-electron chi connectivity index (χ2n) is 9.53. The van der Waals surface area contributed by atoms with E-state index in [1.807, 2.05) is 35.3 Å². The molecule has 166 valence electrons. The number of rotatable bonds is 6. The van der Waals surface area contributed by atoms with Crippen molar-refractivity contribution in [2.24, 2.45) is 11.3 Å². The third kappa shape index (κ3) is 3.07. The van der Waals surface area contributed by atoms with E-state index in [0.29, 0.717) is 11.7 Å². The molecule has 6 rings (SSSR count). The first-order valence-electron chi connectivity index (χ1n) is 11.0. The molecular weight excluding hydrogens is 408 g/mol. The van der Waals surface area contributed by atoms with Crippen molar-refractivity contribution in [3.63, 3.8) is 0 Å². The molecule has 0 bridgehead atoms. The van der Waals surface area contributed by atoms with Crippen LogP contribution >= 0.6 is 0 Å². The highest BCUT2D eigenvalue weighted by molar-refractivity contribution is 5.50. The van der Waals surface area contributed by atoms with Crippen molar-refractivity contribution in [3.05, 3.63) is 54.1 Å². The van der Waals surface area contributed by atoms with Gasteiger partial charge in [0.05, 0.1) is 24.4 Å². The van der Waals surface area contributed by atoms with E-state index in [9.17, 15) is 0 Å². The van der Waals surface area contributed by atoms with E-state index in [2.05, 4.69) is 51.8 Å². The van der Waals surface area contributed by atoms with E-state index >= 15 is 0 Å². The second kappa shape index (κ2) is 7.25. The van der Waals surface area contributed by atoms with Crippen molar-refractivity contribution in [1.82, 2.24) is 30.5 Å². The molecule has 9 heteroatoms. The molecule has 9 nitrogen and oxygen atoms in total. The summed E-state index contributed by atoms with van der Waals surface area (Å²) in [7, 11) is 0. The highest BCUT2D eigenvalue weighted by Crippen LogP contribution is 2.58. The van der Waals surface area contributed by atoms with Gasteiger partial charge in [0.1, 0.15) is 0 Å². The first-order chi connectivity index (χ1) is 15.6. The largest absolute Gasteiger partial charge is 0.454 e. The zero-order valence-corrected chi connectivity index (χ0v) is 18.2. The lowest BCUT2D eigenvalue weighted by atomic mass is 9.55. The number of nitrogens with one attached hydrogen (secondary N) is 1. The van der Waals surface area contributed by atoms with Crippen molar-refractivity contribution in [1.29, 1.82) is 0 Å². The standard InChI is InChI=1S/C23H26N6O3/c1-15(2)20(16-5-7-24-8-6-16)25-23(10-22(11-23)12-30-13-22)21-26-27-28-29(21)17-3-4-18-19(9-17)32-14-31-18/h3-9,15,20,25H,10-14H2,1-2H3. The van der Waals surface area contributed by atoms with E-state index in [-0.39, 0.29) is 23.8 Å². The van der Waals surface area contributed by atoms with Crippen LogP contribution in [-0.2, 0) is 10.3 Å². The van der Waals surface area contributed by atoms with Crippen LogP contribution in [-0.4, -0.2) is 45.2 Å². The van der Waals surface area contributed by atoms with Crippen LogP contribution in [0.3, 0.4) is 0 Å². The number of hydrogen-bond donors (Lipinski definition) is 1. The van der Waals surface area contributed by atoms with Crippen LogP contribution in [0.25, 0.3) is 5.69 Å². The topological polar surface area (TPSA) is 96.2 Å². The molecule has 32 heavy (non-hydrogen) atoms. The SMILES string of the molecule is CC(C)C(NC1(c2nnnn2-c2ccc3c(c2)OCO3)CC2(COC2)C1)c1ccncc1. The van der Waals surface area contributed by atoms with E-state index < -0.39 is 0 Å². The predicted octanol–water partition coefficient (Wildman–Crippen LogP) is 2.78. The number of aromatic nitrogens is 5. The Labute approximate surface area is 186 Å². The van der Waals surface area contributed by atoms with Gasteiger partial charge >= 0.3 is 0 Å². The summed E-state index contributed by atoms with van der Waals surface area (Å²) in [5, 5.41) is 16.9. The fraction of sp³-hybridized carbons (Fsp3) is 0.478. The third-order valence-corrected chi connectivity index (χ3v) is 6.83. The maximum atomic E-state index is 5.57. The summed E-state index contributed by atoms with van der Waals surface area (Å²) >= 11 is 0. The first-order valence-corrected chi connectivity index (χ1v) is 11.0. The molecule has 4 heterocycles. The van der Waals surface area contributed by atoms with Gasteiger partial charge < -0.3 is 14.2 Å². The van der Waals surface area contributed by atoms with Gasteiger partial charge in [0.15, 0.2) is 17.3 Å². The first kappa shape index (κ1) is 19.6. The minimum atomic E-state index is -0.359. The minimum absolute atomic E-state index is 0.137. The normalized spacial score (nSPS) is 20.7. The van der Waals surface area contributed by atoms with Gasteiger partial charge in [0.25, 0.3) is 0 Å². The smallest absolute Gasteiger partial charge is 0.231 e. The van der Waals surface area contributed by atoms with Gasteiger partial charge in [-0.25, -0.2) is 0 Å². The summed E-state index contributed by atoms with van der Waals surface area (Å²) < 4.78 is 18.4. The van der Waals surface area contributed by atoms with Crippen LogP contribution in [0, 0.1) is 11.3 Å². The van der Waals surface area contributed by atoms with E-state index in [0.717, 1.165) is 43.3 Å². The van der Waals surface area contributed by atoms with Crippen molar-refractivity contribution < 1.29 is 14.2 Å². The molecule has 3 aliphatic rings. The lowest BCUT2D eigenvalue weighted by molar-refractivity contribution is -0.200. The summed E-state index contributed by atoms with van der Waals surface area (Å²) in [5.41, 5.74) is 1.91. The van der Waals surface area contributed by atoms with Crippen LogP contribution in [0.5, 0.6) is 11.5 Å². The Balaban J connectivity index is 1.39. The summed E-state index contributed by atoms with van der Waals surface area (Å²) in [6.45, 7) is 6.28. The molecule has 1 aromatic carbocycles. The summed E-state index contributed by atoms with van der Waals surface area (Å²) in [6.07, 6.45) is 5.55. The number of benzene rings is 1. The average molecular weight is 435 g/mol. The zero-order chi connectivity index (χ0) is 21.8. The van der Waals surface area contributed by atoms with Crippen LogP contribution < -0.4 is 14.8 Å². The summed E-state index contributed by atoms with van der Waals surface area (Å²) in [6, 6.07) is 10.1. The van der Waals surface area contributed by atoms with Gasteiger partial charge in [0.2, 0.25) is 6.79 Å². The predicted molar refractivity (Wildman–Crippen MR) is 114 cm³/mol. The van der Waals surface area contributed by atoms with Gasteiger partial charge in [-0.2, -0.15) is 4.68 Å². The Morgan fingerprint density at radius 3 is 2.53 bits per heavy atom. The quantitative estimate of drug-likeness (QED) is 0.633. The highest BCUT2D eigenvalue weighted by Gasteiger charge is 2.62. The molecule has 0 amide bonds. The molecule has 1 saturated heterocycles. The number of fused-ring (bicyclic) bond motifs is 1. The minimum Gasteiger partial charge on any atom is -0.454 e. The summed E-state index contributed by atoms with van der Waals surface area (Å²) in [4.78, 5) is 4.19. The number of ether oxygens (including phenoxy) is 3.